The third-order valence-corrected chi connectivity index (χ3v) is 2.08. The summed E-state index contributed by atoms with van der Waals surface area (Å²) in [5, 5.41) is 0. The van der Waals surface area contributed by atoms with Gasteiger partial charge in [0.05, 0.1) is 11.7 Å². The number of halogens is 4. The van der Waals surface area contributed by atoms with Gasteiger partial charge >= 0.3 is 6.18 Å². The van der Waals surface area contributed by atoms with Gasteiger partial charge in [0.1, 0.15) is 11.2 Å². The highest BCUT2D eigenvalue weighted by molar-refractivity contribution is 9.10. The molecule has 2 aromatic rings. The summed E-state index contributed by atoms with van der Waals surface area (Å²) in [7, 11) is 0. The zero-order valence-corrected chi connectivity index (χ0v) is 8.67. The van der Waals surface area contributed by atoms with Crippen molar-refractivity contribution in [1.29, 1.82) is 0 Å². The molecule has 7 heteroatoms. The molecule has 0 N–H and O–H groups in total. The summed E-state index contributed by atoms with van der Waals surface area (Å²) < 4.78 is 37.2. The van der Waals surface area contributed by atoms with Gasteiger partial charge in [-0.1, -0.05) is 0 Å². The Hall–Kier alpha value is -1.24. The lowest BCUT2D eigenvalue weighted by Crippen LogP contribution is -2.07. The fourth-order valence-electron chi connectivity index (χ4n) is 1.06. The van der Waals surface area contributed by atoms with Gasteiger partial charge in [-0.25, -0.2) is 15.0 Å². The summed E-state index contributed by atoms with van der Waals surface area (Å²) in [6, 6.07) is 2.15. The zero-order valence-electron chi connectivity index (χ0n) is 7.09. The molecule has 0 aromatic carbocycles. The van der Waals surface area contributed by atoms with Crippen LogP contribution in [0.2, 0.25) is 0 Å². The first-order chi connectivity index (χ1) is 6.97. The highest BCUT2D eigenvalue weighted by Gasteiger charge is 2.32. The molecule has 2 aromatic heterocycles. The molecule has 0 aliphatic heterocycles. The molecule has 0 amide bonds. The Morgan fingerprint density at radius 3 is 2.47 bits per heavy atom. The molecule has 0 spiro atoms. The Morgan fingerprint density at radius 1 is 1.07 bits per heavy atom. The van der Waals surface area contributed by atoms with E-state index in [2.05, 4.69) is 30.9 Å². The van der Waals surface area contributed by atoms with Crippen LogP contribution in [0.25, 0.3) is 11.0 Å². The van der Waals surface area contributed by atoms with E-state index in [9.17, 15) is 13.2 Å². The lowest BCUT2D eigenvalue weighted by molar-refractivity contribution is -0.140. The van der Waals surface area contributed by atoms with E-state index in [0.717, 1.165) is 6.07 Å². The second-order valence-electron chi connectivity index (χ2n) is 2.74. The molecule has 0 saturated carbocycles. The predicted molar refractivity (Wildman–Crippen MR) is 50.0 cm³/mol. The lowest BCUT2D eigenvalue weighted by Gasteiger charge is -2.05. The van der Waals surface area contributed by atoms with Crippen molar-refractivity contribution < 1.29 is 13.2 Å². The first-order valence-electron chi connectivity index (χ1n) is 3.83. The summed E-state index contributed by atoms with van der Waals surface area (Å²) in [5.41, 5.74) is -0.459. The summed E-state index contributed by atoms with van der Waals surface area (Å²) in [6.07, 6.45) is -3.21. The standard InChI is InChI=1S/C8H3BrF3N3/c9-7-13-3-5-4(15-7)1-2-6(14-5)8(10,11)12/h1-3H. The van der Waals surface area contributed by atoms with Gasteiger partial charge in [-0.2, -0.15) is 13.2 Å². The summed E-state index contributed by atoms with van der Waals surface area (Å²) >= 11 is 3.02. The molecule has 2 heterocycles. The number of aromatic nitrogens is 3. The largest absolute Gasteiger partial charge is 0.433 e. The number of fused-ring (bicyclic) bond motifs is 1. The third-order valence-electron chi connectivity index (χ3n) is 1.70. The van der Waals surface area contributed by atoms with Gasteiger partial charge in [0, 0.05) is 0 Å². The van der Waals surface area contributed by atoms with E-state index in [1.807, 2.05) is 0 Å². The van der Waals surface area contributed by atoms with Gasteiger partial charge in [0.25, 0.3) is 0 Å². The van der Waals surface area contributed by atoms with Gasteiger partial charge in [0.2, 0.25) is 0 Å². The number of hydrogen-bond donors (Lipinski definition) is 0. The topological polar surface area (TPSA) is 38.7 Å². The molecular weight excluding hydrogens is 275 g/mol. The maximum absolute atomic E-state index is 12.3. The van der Waals surface area contributed by atoms with Crippen molar-refractivity contribution in [2.45, 2.75) is 6.18 Å². The fourth-order valence-corrected chi connectivity index (χ4v) is 1.35. The first-order valence-corrected chi connectivity index (χ1v) is 4.62. The van der Waals surface area contributed by atoms with Crippen LogP contribution >= 0.6 is 15.9 Å². The molecule has 0 radical (unpaired) electrons. The van der Waals surface area contributed by atoms with Crippen LogP contribution in [0.3, 0.4) is 0 Å². The first kappa shape index (κ1) is 10.3. The van der Waals surface area contributed by atoms with Crippen molar-refractivity contribution in [3.63, 3.8) is 0 Å². The van der Waals surface area contributed by atoms with E-state index in [4.69, 9.17) is 0 Å². The maximum Gasteiger partial charge on any atom is 0.433 e. The molecule has 0 atom stereocenters. The maximum atomic E-state index is 12.3. The van der Waals surface area contributed by atoms with Crippen LogP contribution in [-0.4, -0.2) is 15.0 Å². The average molecular weight is 278 g/mol. The number of alkyl halides is 3. The number of rotatable bonds is 0. The molecule has 2 rings (SSSR count). The second-order valence-corrected chi connectivity index (χ2v) is 3.45. The van der Waals surface area contributed by atoms with Crippen LogP contribution in [-0.2, 0) is 6.18 Å². The lowest BCUT2D eigenvalue weighted by atomic mass is 10.3. The van der Waals surface area contributed by atoms with Crippen molar-refractivity contribution >= 4 is 27.0 Å². The van der Waals surface area contributed by atoms with Crippen molar-refractivity contribution in [2.75, 3.05) is 0 Å². The Labute approximate surface area is 90.5 Å². The molecule has 0 unspecified atom stereocenters. The minimum Gasteiger partial charge on any atom is -0.240 e. The molecule has 0 saturated heterocycles. The zero-order chi connectivity index (χ0) is 11.1. The van der Waals surface area contributed by atoms with E-state index in [1.54, 1.807) is 0 Å². The van der Waals surface area contributed by atoms with E-state index in [-0.39, 0.29) is 5.52 Å². The predicted octanol–water partition coefficient (Wildman–Crippen LogP) is 2.81. The van der Waals surface area contributed by atoms with Gasteiger partial charge in [-0.3, -0.25) is 0 Å². The molecule has 15 heavy (non-hydrogen) atoms. The quantitative estimate of drug-likeness (QED) is 0.695. The Balaban J connectivity index is 2.62. The van der Waals surface area contributed by atoms with Crippen LogP contribution in [0.4, 0.5) is 13.2 Å². The molecule has 0 fully saturated rings. The highest BCUT2D eigenvalue weighted by Crippen LogP contribution is 2.28. The van der Waals surface area contributed by atoms with Gasteiger partial charge < -0.3 is 0 Å². The summed E-state index contributed by atoms with van der Waals surface area (Å²) in [6.45, 7) is 0. The Morgan fingerprint density at radius 2 is 1.80 bits per heavy atom. The van der Waals surface area contributed by atoms with E-state index >= 15 is 0 Å². The molecule has 3 nitrogen and oxygen atoms in total. The van der Waals surface area contributed by atoms with Crippen molar-refractivity contribution in [3.05, 3.63) is 28.8 Å². The molecule has 0 bridgehead atoms. The van der Waals surface area contributed by atoms with Crippen LogP contribution in [0.15, 0.2) is 23.1 Å². The smallest absolute Gasteiger partial charge is 0.240 e. The van der Waals surface area contributed by atoms with Crippen molar-refractivity contribution in [3.8, 4) is 0 Å². The number of hydrogen-bond acceptors (Lipinski definition) is 3. The monoisotopic (exact) mass is 277 g/mol. The van der Waals surface area contributed by atoms with Gasteiger partial charge in [-0.15, -0.1) is 0 Å². The minimum absolute atomic E-state index is 0.119. The number of nitrogens with zero attached hydrogens (tertiary/aromatic N) is 3. The van der Waals surface area contributed by atoms with Crippen LogP contribution < -0.4 is 0 Å². The molecule has 0 aliphatic rings. The van der Waals surface area contributed by atoms with Crippen molar-refractivity contribution in [2.24, 2.45) is 0 Å². The van der Waals surface area contributed by atoms with E-state index in [1.165, 1.54) is 12.3 Å². The van der Waals surface area contributed by atoms with Gasteiger partial charge in [-0.05, 0) is 28.1 Å². The van der Waals surface area contributed by atoms with Crippen molar-refractivity contribution in [1.82, 2.24) is 15.0 Å². The minimum atomic E-state index is -4.44. The van der Waals surface area contributed by atoms with Crippen LogP contribution in [0, 0.1) is 0 Å². The Kier molecular flexibility index (Phi) is 2.34. The van der Waals surface area contributed by atoms with E-state index in [0.29, 0.717) is 10.3 Å². The number of pyridine rings is 1. The van der Waals surface area contributed by atoms with Crippen LogP contribution in [0.5, 0.6) is 0 Å². The summed E-state index contributed by atoms with van der Waals surface area (Å²) in [5.74, 6) is 0. The normalized spacial score (nSPS) is 12.0. The van der Waals surface area contributed by atoms with E-state index < -0.39 is 11.9 Å². The fraction of sp³-hybridized carbons (Fsp3) is 0.125. The van der Waals surface area contributed by atoms with Gasteiger partial charge in [0.15, 0.2) is 4.73 Å². The summed E-state index contributed by atoms with van der Waals surface area (Å²) in [4.78, 5) is 11.0. The highest BCUT2D eigenvalue weighted by atomic mass is 79.9. The third kappa shape index (κ3) is 2.06. The molecule has 78 valence electrons. The molecule has 0 aliphatic carbocycles. The average Bonchev–Trinajstić information content (AvgIpc) is 2.15. The van der Waals surface area contributed by atoms with Crippen LogP contribution in [0.1, 0.15) is 5.69 Å². The SMILES string of the molecule is FC(F)(F)c1ccc2nc(Br)ncc2n1. The second kappa shape index (κ2) is 3.41. The molecular formula is C8H3BrF3N3. The Bertz CT molecular complexity index is 512.